The molecule has 0 saturated carbocycles. The maximum Gasteiger partial charge on any atom is 0.406 e. The van der Waals surface area contributed by atoms with E-state index >= 15 is 0 Å². The zero-order valence-corrected chi connectivity index (χ0v) is 15.2. The number of hydrogen-bond donors (Lipinski definition) is 1. The molecular formula is C20H17F3N4O. The summed E-state index contributed by atoms with van der Waals surface area (Å²) in [6.45, 7) is -1.36. The van der Waals surface area contributed by atoms with Crippen molar-refractivity contribution in [2.45, 2.75) is 12.7 Å². The summed E-state index contributed by atoms with van der Waals surface area (Å²) in [5, 5.41) is 7.22. The second kappa shape index (κ2) is 6.40. The van der Waals surface area contributed by atoms with Crippen molar-refractivity contribution >= 4 is 27.5 Å². The number of aromatic amines is 1. The van der Waals surface area contributed by atoms with Crippen molar-refractivity contribution < 1.29 is 13.2 Å². The lowest BCUT2D eigenvalue weighted by atomic mass is 10.0. The van der Waals surface area contributed by atoms with Crippen LogP contribution in [-0.2, 0) is 6.54 Å². The zero-order valence-electron chi connectivity index (χ0n) is 15.2. The molecule has 2 aromatic heterocycles. The van der Waals surface area contributed by atoms with E-state index in [0.717, 1.165) is 21.4 Å². The van der Waals surface area contributed by atoms with Gasteiger partial charge < -0.3 is 4.90 Å². The minimum Gasteiger partial charge on any atom is -0.377 e. The van der Waals surface area contributed by atoms with Crippen molar-refractivity contribution in [2.24, 2.45) is 0 Å². The van der Waals surface area contributed by atoms with Gasteiger partial charge in [0.05, 0.1) is 22.6 Å². The van der Waals surface area contributed by atoms with Crippen molar-refractivity contribution in [3.05, 3.63) is 59.0 Å². The predicted molar refractivity (Wildman–Crippen MR) is 104 cm³/mol. The van der Waals surface area contributed by atoms with Crippen LogP contribution in [0.15, 0.2) is 53.5 Å². The summed E-state index contributed by atoms with van der Waals surface area (Å²) in [4.78, 5) is 14.6. The van der Waals surface area contributed by atoms with Crippen molar-refractivity contribution in [1.82, 2.24) is 14.8 Å². The number of hydrogen-bond acceptors (Lipinski definition) is 3. The summed E-state index contributed by atoms with van der Waals surface area (Å²) in [6, 6.07) is 12.8. The lowest BCUT2D eigenvalue weighted by molar-refractivity contribution is -0.140. The number of rotatable bonds is 3. The van der Waals surface area contributed by atoms with Crippen LogP contribution in [0.25, 0.3) is 32.9 Å². The van der Waals surface area contributed by atoms with Gasteiger partial charge in [-0.3, -0.25) is 14.5 Å². The second-order valence-corrected chi connectivity index (χ2v) is 6.81. The highest BCUT2D eigenvalue weighted by atomic mass is 19.4. The zero-order chi connectivity index (χ0) is 20.1. The van der Waals surface area contributed by atoms with E-state index in [4.69, 9.17) is 0 Å². The minimum atomic E-state index is -4.52. The van der Waals surface area contributed by atoms with Gasteiger partial charge in [-0.05, 0) is 17.7 Å². The molecule has 2 aromatic carbocycles. The fraction of sp³-hybridized carbons (Fsp3) is 0.200. The number of nitrogens with zero attached hydrogens (tertiary/aromatic N) is 3. The Morgan fingerprint density at radius 2 is 1.86 bits per heavy atom. The lowest BCUT2D eigenvalue weighted by Gasteiger charge is -2.19. The Bertz CT molecular complexity index is 1240. The fourth-order valence-corrected chi connectivity index (χ4v) is 3.49. The molecule has 0 unspecified atom stereocenters. The molecule has 0 aliphatic heterocycles. The summed E-state index contributed by atoms with van der Waals surface area (Å²) in [7, 11) is 3.79. The molecule has 2 heterocycles. The van der Waals surface area contributed by atoms with Gasteiger partial charge in [0.15, 0.2) is 0 Å². The number of anilines is 1. The molecule has 144 valence electrons. The van der Waals surface area contributed by atoms with Crippen LogP contribution in [0.2, 0.25) is 0 Å². The molecule has 0 spiro atoms. The van der Waals surface area contributed by atoms with Crippen LogP contribution in [-0.4, -0.2) is 35.0 Å². The number of benzene rings is 2. The maximum atomic E-state index is 13.2. The molecule has 4 rings (SSSR count). The van der Waals surface area contributed by atoms with Crippen LogP contribution in [0.1, 0.15) is 0 Å². The molecule has 0 saturated heterocycles. The Morgan fingerprint density at radius 3 is 2.57 bits per heavy atom. The summed E-state index contributed by atoms with van der Waals surface area (Å²) in [5.74, 6) is 0. The van der Waals surface area contributed by atoms with Crippen molar-refractivity contribution in [1.29, 1.82) is 0 Å². The SMILES string of the molecule is CN(C)c1ccccc1-c1ccc2c3[nH]ncc3c(=O)n(CC(F)(F)F)c2c1. The van der Waals surface area contributed by atoms with E-state index in [9.17, 15) is 18.0 Å². The van der Waals surface area contributed by atoms with Crippen LogP contribution >= 0.6 is 0 Å². The molecule has 0 amide bonds. The Labute approximate surface area is 158 Å². The molecule has 8 heteroatoms. The maximum absolute atomic E-state index is 13.2. The minimum absolute atomic E-state index is 0.137. The van der Waals surface area contributed by atoms with Crippen LogP contribution < -0.4 is 10.5 Å². The summed E-state index contributed by atoms with van der Waals surface area (Å²) in [6.07, 6.45) is -3.26. The van der Waals surface area contributed by atoms with Gasteiger partial charge in [-0.25, -0.2) is 0 Å². The van der Waals surface area contributed by atoms with Crippen molar-refractivity contribution in [2.75, 3.05) is 19.0 Å². The smallest absolute Gasteiger partial charge is 0.377 e. The monoisotopic (exact) mass is 386 g/mol. The molecule has 0 aliphatic rings. The van der Waals surface area contributed by atoms with Crippen LogP contribution in [0.5, 0.6) is 0 Å². The van der Waals surface area contributed by atoms with Gasteiger partial charge in [-0.2, -0.15) is 18.3 Å². The van der Waals surface area contributed by atoms with Gasteiger partial charge in [-0.15, -0.1) is 0 Å². The second-order valence-electron chi connectivity index (χ2n) is 6.81. The first kappa shape index (κ1) is 18.1. The Balaban J connectivity index is 2.05. The quantitative estimate of drug-likeness (QED) is 0.575. The number of aromatic nitrogens is 3. The van der Waals surface area contributed by atoms with E-state index in [1.807, 2.05) is 49.3 Å². The molecule has 0 fully saturated rings. The standard InChI is InChI=1S/C20H17F3N4O/c1-26(2)16-6-4-3-5-13(16)12-7-8-14-17(9-12)27(11-20(21,22)23)19(28)15-10-24-25-18(14)15/h3-10H,11H2,1-2H3,(H,24,25). The molecule has 4 aromatic rings. The molecule has 28 heavy (non-hydrogen) atoms. The first-order valence-corrected chi connectivity index (χ1v) is 8.59. The van der Waals surface area contributed by atoms with Gasteiger partial charge in [0.25, 0.3) is 5.56 Å². The number of H-pyrrole nitrogens is 1. The average molecular weight is 386 g/mol. The molecule has 5 nitrogen and oxygen atoms in total. The van der Waals surface area contributed by atoms with E-state index < -0.39 is 18.3 Å². The average Bonchev–Trinajstić information content (AvgIpc) is 3.14. The third-order valence-electron chi connectivity index (χ3n) is 4.71. The summed E-state index contributed by atoms with van der Waals surface area (Å²) >= 11 is 0. The molecule has 1 N–H and O–H groups in total. The van der Waals surface area contributed by atoms with Crippen LogP contribution in [0.4, 0.5) is 18.9 Å². The van der Waals surface area contributed by atoms with E-state index in [2.05, 4.69) is 10.2 Å². The number of fused-ring (bicyclic) bond motifs is 3. The third kappa shape index (κ3) is 3.00. The summed E-state index contributed by atoms with van der Waals surface area (Å²) in [5.41, 5.74) is 2.45. The Kier molecular flexibility index (Phi) is 4.14. The third-order valence-corrected chi connectivity index (χ3v) is 4.71. The number of alkyl halides is 3. The van der Waals surface area contributed by atoms with Gasteiger partial charge in [0.1, 0.15) is 6.54 Å². The molecule has 0 aliphatic carbocycles. The van der Waals surface area contributed by atoms with E-state index in [-0.39, 0.29) is 10.9 Å². The normalized spacial score (nSPS) is 12.0. The van der Waals surface area contributed by atoms with E-state index in [0.29, 0.717) is 10.9 Å². The van der Waals surface area contributed by atoms with Gasteiger partial charge in [-0.1, -0.05) is 30.3 Å². The fourth-order valence-electron chi connectivity index (χ4n) is 3.49. The van der Waals surface area contributed by atoms with Crippen LogP contribution in [0, 0.1) is 0 Å². The number of halogens is 3. The van der Waals surface area contributed by atoms with E-state index in [1.165, 1.54) is 6.20 Å². The highest BCUT2D eigenvalue weighted by Crippen LogP contribution is 2.33. The number of pyridine rings is 1. The highest BCUT2D eigenvalue weighted by molar-refractivity contribution is 6.04. The number of para-hydroxylation sites is 1. The lowest BCUT2D eigenvalue weighted by Crippen LogP contribution is -2.28. The first-order chi connectivity index (χ1) is 13.3. The topological polar surface area (TPSA) is 53.9 Å². The number of nitrogens with one attached hydrogen (secondary N) is 1. The molecule has 0 radical (unpaired) electrons. The van der Waals surface area contributed by atoms with E-state index in [1.54, 1.807) is 12.1 Å². The summed E-state index contributed by atoms with van der Waals surface area (Å²) < 4.78 is 40.3. The molecule has 0 atom stereocenters. The first-order valence-electron chi connectivity index (χ1n) is 8.59. The highest BCUT2D eigenvalue weighted by Gasteiger charge is 2.30. The van der Waals surface area contributed by atoms with Crippen molar-refractivity contribution in [3.8, 4) is 11.1 Å². The Morgan fingerprint density at radius 1 is 1.11 bits per heavy atom. The van der Waals surface area contributed by atoms with Gasteiger partial charge in [0, 0.05) is 30.7 Å². The van der Waals surface area contributed by atoms with Crippen molar-refractivity contribution in [3.63, 3.8) is 0 Å². The van der Waals surface area contributed by atoms with Crippen LogP contribution in [0.3, 0.4) is 0 Å². The predicted octanol–water partition coefficient (Wildman–Crippen LogP) is 4.17. The Hall–Kier alpha value is -3.29. The largest absolute Gasteiger partial charge is 0.406 e. The molecule has 0 bridgehead atoms. The molecular weight excluding hydrogens is 369 g/mol. The van der Waals surface area contributed by atoms with Gasteiger partial charge >= 0.3 is 6.18 Å². The van der Waals surface area contributed by atoms with Gasteiger partial charge in [0.2, 0.25) is 0 Å².